The minimum absolute atomic E-state index is 0.0944. The molecule has 0 spiro atoms. The summed E-state index contributed by atoms with van der Waals surface area (Å²) in [5.74, 6) is -0.0944. The Bertz CT molecular complexity index is 427. The van der Waals surface area contributed by atoms with Gasteiger partial charge in [0.2, 0.25) is 5.91 Å². The summed E-state index contributed by atoms with van der Waals surface area (Å²) in [6.45, 7) is 2.03. The van der Waals surface area contributed by atoms with E-state index in [1.807, 2.05) is 30.8 Å². The molecular weight excluding hydrogens is 268 g/mol. The molecule has 3 N–H and O–H groups in total. The average molecular weight is 292 g/mol. The monoisotopic (exact) mass is 292 g/mol. The molecule has 0 bridgehead atoms. The van der Waals surface area contributed by atoms with E-state index >= 15 is 0 Å². The summed E-state index contributed by atoms with van der Waals surface area (Å²) in [6.07, 6.45) is 7.03. The molecule has 1 fully saturated rings. The van der Waals surface area contributed by atoms with E-state index in [1.165, 1.54) is 30.6 Å². The Labute approximate surface area is 125 Å². The first-order chi connectivity index (χ1) is 9.69. The molecule has 1 aromatic rings. The number of hydrogen-bond acceptors (Lipinski definition) is 3. The van der Waals surface area contributed by atoms with Gasteiger partial charge in [0.15, 0.2) is 0 Å². The van der Waals surface area contributed by atoms with Crippen LogP contribution < -0.4 is 11.1 Å². The third-order valence-electron chi connectivity index (χ3n) is 3.66. The fourth-order valence-electron chi connectivity index (χ4n) is 2.49. The van der Waals surface area contributed by atoms with Gasteiger partial charge in [0.25, 0.3) is 0 Å². The van der Waals surface area contributed by atoms with Crippen molar-refractivity contribution in [3.8, 4) is 0 Å². The Morgan fingerprint density at radius 3 is 2.60 bits per heavy atom. The van der Waals surface area contributed by atoms with Crippen molar-refractivity contribution in [1.82, 2.24) is 0 Å². The minimum atomic E-state index is -0.410. The Hall–Kier alpha value is -1.00. The highest BCUT2D eigenvalue weighted by molar-refractivity contribution is 8.00. The number of carbonyl (C=O) groups is 1. The fourth-order valence-corrected chi connectivity index (χ4v) is 3.74. The van der Waals surface area contributed by atoms with Crippen molar-refractivity contribution in [2.45, 2.75) is 61.6 Å². The van der Waals surface area contributed by atoms with Crippen LogP contribution in [-0.4, -0.2) is 17.2 Å². The van der Waals surface area contributed by atoms with Crippen LogP contribution in [-0.2, 0) is 4.79 Å². The highest BCUT2D eigenvalue weighted by Crippen LogP contribution is 2.34. The Balaban J connectivity index is 1.86. The van der Waals surface area contributed by atoms with Crippen LogP contribution in [0, 0.1) is 0 Å². The SMILES string of the molecule is CCC[C@@H](N)C(=O)Nc1ccc(SC2CCCC2)cc1. The molecule has 1 atom stereocenters. The van der Waals surface area contributed by atoms with Crippen LogP contribution in [0.15, 0.2) is 29.2 Å². The molecule has 0 unspecified atom stereocenters. The zero-order valence-electron chi connectivity index (χ0n) is 12.1. The van der Waals surface area contributed by atoms with E-state index in [1.54, 1.807) is 0 Å². The van der Waals surface area contributed by atoms with Gasteiger partial charge in [-0.25, -0.2) is 0 Å². The smallest absolute Gasteiger partial charge is 0.241 e. The van der Waals surface area contributed by atoms with Crippen LogP contribution in [0.25, 0.3) is 0 Å². The van der Waals surface area contributed by atoms with Crippen LogP contribution in [0.1, 0.15) is 45.4 Å². The molecule has 0 aliphatic heterocycles. The number of amides is 1. The van der Waals surface area contributed by atoms with E-state index in [4.69, 9.17) is 5.73 Å². The lowest BCUT2D eigenvalue weighted by Crippen LogP contribution is -2.35. The zero-order chi connectivity index (χ0) is 14.4. The van der Waals surface area contributed by atoms with Gasteiger partial charge in [0, 0.05) is 15.8 Å². The molecule has 110 valence electrons. The summed E-state index contributed by atoms with van der Waals surface area (Å²) >= 11 is 1.96. The lowest BCUT2D eigenvalue weighted by atomic mass is 10.1. The van der Waals surface area contributed by atoms with Gasteiger partial charge in [-0.2, -0.15) is 0 Å². The molecule has 0 heterocycles. The lowest BCUT2D eigenvalue weighted by molar-refractivity contribution is -0.117. The van der Waals surface area contributed by atoms with Gasteiger partial charge < -0.3 is 11.1 Å². The van der Waals surface area contributed by atoms with Crippen LogP contribution >= 0.6 is 11.8 Å². The van der Waals surface area contributed by atoms with Crippen molar-refractivity contribution in [2.75, 3.05) is 5.32 Å². The lowest BCUT2D eigenvalue weighted by Gasteiger charge is -2.12. The maximum atomic E-state index is 11.8. The number of benzene rings is 1. The van der Waals surface area contributed by atoms with E-state index in [2.05, 4.69) is 17.4 Å². The van der Waals surface area contributed by atoms with Crippen molar-refractivity contribution < 1.29 is 4.79 Å². The van der Waals surface area contributed by atoms with Gasteiger partial charge in [-0.1, -0.05) is 26.2 Å². The first-order valence-electron chi connectivity index (χ1n) is 7.52. The quantitative estimate of drug-likeness (QED) is 0.838. The molecule has 1 amide bonds. The van der Waals surface area contributed by atoms with E-state index in [9.17, 15) is 4.79 Å². The molecule has 1 aliphatic rings. The molecule has 1 aromatic carbocycles. The van der Waals surface area contributed by atoms with Crippen molar-refractivity contribution >= 4 is 23.4 Å². The maximum absolute atomic E-state index is 11.8. The Morgan fingerprint density at radius 2 is 2.00 bits per heavy atom. The molecule has 0 saturated heterocycles. The second kappa shape index (κ2) is 7.70. The number of thioether (sulfide) groups is 1. The van der Waals surface area contributed by atoms with Crippen molar-refractivity contribution in [3.63, 3.8) is 0 Å². The first-order valence-corrected chi connectivity index (χ1v) is 8.40. The maximum Gasteiger partial charge on any atom is 0.241 e. The highest BCUT2D eigenvalue weighted by atomic mass is 32.2. The Morgan fingerprint density at radius 1 is 1.35 bits per heavy atom. The van der Waals surface area contributed by atoms with Crippen LogP contribution in [0.5, 0.6) is 0 Å². The van der Waals surface area contributed by atoms with Crippen molar-refractivity contribution in [3.05, 3.63) is 24.3 Å². The molecule has 4 heteroatoms. The summed E-state index contributed by atoms with van der Waals surface area (Å²) in [5.41, 5.74) is 6.63. The number of anilines is 1. The second-order valence-electron chi connectivity index (χ2n) is 5.43. The molecular formula is C16H24N2OS. The minimum Gasteiger partial charge on any atom is -0.325 e. The molecule has 20 heavy (non-hydrogen) atoms. The number of nitrogens with two attached hydrogens (primary N) is 1. The van der Waals surface area contributed by atoms with Gasteiger partial charge >= 0.3 is 0 Å². The van der Waals surface area contributed by atoms with Crippen LogP contribution in [0.3, 0.4) is 0 Å². The fraction of sp³-hybridized carbons (Fsp3) is 0.562. The predicted octanol–water partition coefficient (Wildman–Crippen LogP) is 3.79. The van der Waals surface area contributed by atoms with E-state index in [0.717, 1.165) is 23.8 Å². The standard InChI is InChI=1S/C16H24N2OS/c1-2-5-15(17)16(19)18-12-8-10-14(11-9-12)20-13-6-3-4-7-13/h8-11,13,15H,2-7,17H2,1H3,(H,18,19)/t15-/m1/s1. The third-order valence-corrected chi connectivity index (χ3v) is 5.01. The summed E-state index contributed by atoms with van der Waals surface area (Å²) in [5, 5.41) is 3.65. The Kier molecular flexibility index (Phi) is 5.92. The zero-order valence-corrected chi connectivity index (χ0v) is 12.9. The van der Waals surface area contributed by atoms with E-state index in [0.29, 0.717) is 0 Å². The summed E-state index contributed by atoms with van der Waals surface area (Å²) < 4.78 is 0. The summed E-state index contributed by atoms with van der Waals surface area (Å²) in [4.78, 5) is 13.1. The molecule has 1 aliphatic carbocycles. The van der Waals surface area contributed by atoms with Crippen LogP contribution in [0.2, 0.25) is 0 Å². The van der Waals surface area contributed by atoms with Crippen molar-refractivity contribution in [2.24, 2.45) is 5.73 Å². The van der Waals surface area contributed by atoms with E-state index < -0.39 is 6.04 Å². The molecule has 0 radical (unpaired) electrons. The number of rotatable bonds is 6. The predicted molar refractivity (Wildman–Crippen MR) is 86.1 cm³/mol. The van der Waals surface area contributed by atoms with Gasteiger partial charge in [-0.3, -0.25) is 4.79 Å². The van der Waals surface area contributed by atoms with Gasteiger partial charge in [0.1, 0.15) is 0 Å². The molecule has 3 nitrogen and oxygen atoms in total. The van der Waals surface area contributed by atoms with Gasteiger partial charge in [-0.05, 0) is 43.5 Å². The van der Waals surface area contributed by atoms with Gasteiger partial charge in [-0.15, -0.1) is 11.8 Å². The molecule has 0 aromatic heterocycles. The van der Waals surface area contributed by atoms with E-state index in [-0.39, 0.29) is 5.91 Å². The average Bonchev–Trinajstić information content (AvgIpc) is 2.94. The van der Waals surface area contributed by atoms with Gasteiger partial charge in [0.05, 0.1) is 6.04 Å². The second-order valence-corrected chi connectivity index (χ2v) is 6.81. The largest absolute Gasteiger partial charge is 0.325 e. The van der Waals surface area contributed by atoms with Crippen molar-refractivity contribution in [1.29, 1.82) is 0 Å². The molecule has 2 rings (SSSR count). The number of carbonyl (C=O) groups excluding carboxylic acids is 1. The number of hydrogen-bond donors (Lipinski definition) is 2. The number of nitrogens with one attached hydrogen (secondary N) is 1. The summed E-state index contributed by atoms with van der Waals surface area (Å²) in [7, 11) is 0. The highest BCUT2D eigenvalue weighted by Gasteiger charge is 2.16. The third kappa shape index (κ3) is 4.53. The summed E-state index contributed by atoms with van der Waals surface area (Å²) in [6, 6.07) is 7.70. The topological polar surface area (TPSA) is 55.1 Å². The molecule has 1 saturated carbocycles. The van der Waals surface area contributed by atoms with Crippen LogP contribution in [0.4, 0.5) is 5.69 Å². The first kappa shape index (κ1) is 15.4. The normalized spacial score (nSPS) is 17.1.